The van der Waals surface area contributed by atoms with Crippen molar-refractivity contribution in [2.75, 3.05) is 0 Å². The maximum atomic E-state index is 2.61. The van der Waals surface area contributed by atoms with E-state index < -0.39 is 30.5 Å². The number of rotatable bonds is 3. The van der Waals surface area contributed by atoms with E-state index in [9.17, 15) is 0 Å². The molecule has 0 N–H and O–H groups in total. The minimum absolute atomic E-state index is 0.837. The number of allylic oxidation sites excluding steroid dienone is 4. The second kappa shape index (κ2) is 4.35. The molecule has 0 atom stereocenters. The summed E-state index contributed by atoms with van der Waals surface area (Å²) in [6.45, 7) is 15.7. The van der Waals surface area contributed by atoms with Crippen LogP contribution in [0, 0.1) is 0 Å². The zero-order valence-electron chi connectivity index (χ0n) is 10.4. The Morgan fingerprint density at radius 3 is 1.79 bits per heavy atom. The fourth-order valence-corrected chi connectivity index (χ4v) is 81.3. The molecule has 1 rings (SSSR count). The quantitative estimate of drug-likeness (QED) is 0.688. The molecule has 0 heterocycles. The molecule has 0 saturated carbocycles. The van der Waals surface area contributed by atoms with E-state index in [-0.39, 0.29) is 0 Å². The number of hydrogen-bond acceptors (Lipinski definition) is 0. The number of hydrogen-bond donors (Lipinski definition) is 0. The molecule has 0 aliphatic heterocycles. The van der Waals surface area contributed by atoms with E-state index in [1.165, 1.54) is 6.42 Å². The summed E-state index contributed by atoms with van der Waals surface area (Å²) in [5, 5.41) is -1.67. The molecule has 0 spiro atoms. The van der Waals surface area contributed by atoms with Crippen LogP contribution in [0.4, 0.5) is 0 Å². The summed E-state index contributed by atoms with van der Waals surface area (Å²) in [6, 6.07) is 0. The summed E-state index contributed by atoms with van der Waals surface area (Å²) in [6.07, 6.45) is 8.42. The molecule has 0 aromatic heterocycles. The first-order valence-corrected chi connectivity index (χ1v) is 21.1. The zero-order chi connectivity index (χ0) is 11.0. The zero-order valence-corrected chi connectivity index (χ0v) is 14.9. The molecular weight excluding hydrogens is 280 g/mol. The van der Waals surface area contributed by atoms with Gasteiger partial charge in [-0.15, -0.1) is 0 Å². The van der Waals surface area contributed by atoms with Crippen LogP contribution in [0.3, 0.4) is 0 Å². The standard InChI is InChI=1S/C5H5.2C3H9Si.Zr/c1-2-4-5-3-1;2*1-4(2)3;/h1-3H,4H2;2*1-3H3;. The van der Waals surface area contributed by atoms with Crippen LogP contribution in [0.15, 0.2) is 21.5 Å². The van der Waals surface area contributed by atoms with Gasteiger partial charge < -0.3 is 0 Å². The van der Waals surface area contributed by atoms with E-state index in [0.717, 1.165) is 0 Å². The van der Waals surface area contributed by atoms with E-state index in [0.29, 0.717) is 0 Å². The Morgan fingerprint density at radius 2 is 1.50 bits per heavy atom. The fourth-order valence-electron chi connectivity index (χ4n) is 2.72. The van der Waals surface area contributed by atoms with E-state index in [4.69, 9.17) is 0 Å². The normalized spacial score (nSPS) is 17.1. The van der Waals surface area contributed by atoms with Crippen molar-refractivity contribution in [2.24, 2.45) is 0 Å². The molecule has 0 unspecified atom stereocenters. The molecule has 1 aliphatic rings. The first kappa shape index (κ1) is 12.9. The van der Waals surface area contributed by atoms with Gasteiger partial charge in [0.1, 0.15) is 0 Å². The summed E-state index contributed by atoms with van der Waals surface area (Å²) in [5.41, 5.74) is 0. The monoisotopic (exact) mass is 301 g/mol. The first-order chi connectivity index (χ1) is 6.23. The molecule has 0 nitrogen and oxygen atoms in total. The molecule has 0 aromatic carbocycles. The molecule has 0 amide bonds. The Hall–Kier alpha value is 0.797. The van der Waals surface area contributed by atoms with Crippen LogP contribution in [0.2, 0.25) is 39.3 Å². The molecule has 0 aromatic rings. The molecule has 14 heavy (non-hydrogen) atoms. The van der Waals surface area contributed by atoms with Crippen LogP contribution < -0.4 is 0 Å². The van der Waals surface area contributed by atoms with Gasteiger partial charge in [0.05, 0.1) is 0 Å². The van der Waals surface area contributed by atoms with Crippen LogP contribution >= 0.6 is 0 Å². The van der Waals surface area contributed by atoms with Crippen molar-refractivity contribution in [3.63, 3.8) is 0 Å². The SMILES string of the molecule is C[Si](C)(C)[Zr]([C]1=CC=CC1)[Si](C)(C)C. The molecule has 0 fully saturated rings. The van der Waals surface area contributed by atoms with Crippen molar-refractivity contribution in [2.45, 2.75) is 45.7 Å². The second-order valence-electron chi connectivity index (χ2n) is 6.20. The van der Waals surface area contributed by atoms with Gasteiger partial charge in [0.2, 0.25) is 0 Å². The molecule has 3 heteroatoms. The third kappa shape index (κ3) is 3.14. The Labute approximate surface area is 97.1 Å². The van der Waals surface area contributed by atoms with Gasteiger partial charge in [-0.1, -0.05) is 0 Å². The Balaban J connectivity index is 2.95. The predicted molar refractivity (Wildman–Crippen MR) is 68.5 cm³/mol. The topological polar surface area (TPSA) is 0 Å². The van der Waals surface area contributed by atoms with Gasteiger partial charge in [-0.3, -0.25) is 0 Å². The van der Waals surface area contributed by atoms with Crippen molar-refractivity contribution in [3.05, 3.63) is 21.5 Å². The van der Waals surface area contributed by atoms with E-state index >= 15 is 0 Å². The Bertz CT molecular complexity index is 252. The van der Waals surface area contributed by atoms with Gasteiger partial charge in [-0.2, -0.15) is 0 Å². The van der Waals surface area contributed by atoms with Crippen molar-refractivity contribution < 1.29 is 20.1 Å². The summed E-state index contributed by atoms with van der Waals surface area (Å²) in [5.74, 6) is 0. The van der Waals surface area contributed by atoms with Crippen LogP contribution in [0.5, 0.6) is 0 Å². The van der Waals surface area contributed by atoms with Gasteiger partial charge in [0, 0.05) is 0 Å². The summed E-state index contributed by atoms with van der Waals surface area (Å²) in [4.78, 5) is 0. The van der Waals surface area contributed by atoms with E-state index in [1.54, 1.807) is 0 Å². The van der Waals surface area contributed by atoms with Crippen LogP contribution in [-0.2, 0) is 20.1 Å². The molecular formula is C11H23Si2Zr. The third-order valence-electron chi connectivity index (χ3n) is 2.59. The third-order valence-corrected chi connectivity index (χ3v) is 60.6. The molecule has 79 valence electrons. The van der Waals surface area contributed by atoms with Crippen molar-refractivity contribution in [1.82, 2.24) is 0 Å². The van der Waals surface area contributed by atoms with Crippen LogP contribution in [-0.4, -0.2) is 10.4 Å². The Kier molecular flexibility index (Phi) is 3.99. The van der Waals surface area contributed by atoms with Gasteiger partial charge in [-0.05, 0) is 0 Å². The van der Waals surface area contributed by atoms with Crippen molar-refractivity contribution in [3.8, 4) is 0 Å². The predicted octanol–water partition coefficient (Wildman–Crippen LogP) is 4.12. The van der Waals surface area contributed by atoms with E-state index in [1.807, 2.05) is 3.28 Å². The van der Waals surface area contributed by atoms with Crippen molar-refractivity contribution >= 4 is 10.4 Å². The minimum atomic E-state index is -1.23. The molecule has 1 aliphatic carbocycles. The van der Waals surface area contributed by atoms with Crippen molar-refractivity contribution in [1.29, 1.82) is 0 Å². The molecule has 0 radical (unpaired) electrons. The fraction of sp³-hybridized carbons (Fsp3) is 0.636. The maximum absolute atomic E-state index is 2.61. The molecule has 0 saturated heterocycles. The van der Waals surface area contributed by atoms with Gasteiger partial charge in [0.25, 0.3) is 0 Å². The van der Waals surface area contributed by atoms with Crippen LogP contribution in [0.25, 0.3) is 0 Å². The van der Waals surface area contributed by atoms with Crippen LogP contribution in [0.1, 0.15) is 6.42 Å². The summed E-state index contributed by atoms with van der Waals surface area (Å²) in [7, 11) is 0. The summed E-state index contributed by atoms with van der Waals surface area (Å²) >= 11 is -1.23. The second-order valence-corrected chi connectivity index (χ2v) is 49.6. The first-order valence-electron chi connectivity index (χ1n) is 5.47. The van der Waals surface area contributed by atoms with E-state index in [2.05, 4.69) is 57.5 Å². The average molecular weight is 303 g/mol. The average Bonchev–Trinajstić information content (AvgIpc) is 2.31. The molecule has 0 bridgehead atoms. The van der Waals surface area contributed by atoms with Gasteiger partial charge in [-0.25, -0.2) is 0 Å². The Morgan fingerprint density at radius 1 is 1.00 bits per heavy atom. The van der Waals surface area contributed by atoms with Gasteiger partial charge in [0.15, 0.2) is 0 Å². The summed E-state index contributed by atoms with van der Waals surface area (Å²) < 4.78 is 1.92. The van der Waals surface area contributed by atoms with Gasteiger partial charge >= 0.3 is 97.7 Å².